The van der Waals surface area contributed by atoms with Crippen LogP contribution in [0.5, 0.6) is 11.5 Å². The molecule has 264 valence electrons. The van der Waals surface area contributed by atoms with Crippen LogP contribution in [0.4, 0.5) is 34.1 Å². The van der Waals surface area contributed by atoms with Crippen LogP contribution in [-0.2, 0) is 10.8 Å². The molecule has 0 bridgehead atoms. The molecular weight excluding hydrogens is 669 g/mol. The minimum Gasteiger partial charge on any atom is -0.453 e. The molecule has 3 heteroatoms. The normalized spacial score (nSPS) is 14.9. The Morgan fingerprint density at radius 1 is 0.473 bits per heavy atom. The third kappa shape index (κ3) is 4.50. The molecule has 2 heterocycles. The number of rotatable bonds is 4. The molecule has 0 spiro atoms. The largest absolute Gasteiger partial charge is 0.453 e. The smallest absolute Gasteiger partial charge is 0.151 e. The van der Waals surface area contributed by atoms with E-state index >= 15 is 0 Å². The maximum atomic E-state index is 6.63. The van der Waals surface area contributed by atoms with Crippen molar-refractivity contribution in [2.75, 3.05) is 9.80 Å². The van der Waals surface area contributed by atoms with Crippen LogP contribution >= 0.6 is 0 Å². The Bertz CT molecular complexity index is 2860. The Morgan fingerprint density at radius 2 is 1.13 bits per heavy atom. The van der Waals surface area contributed by atoms with E-state index in [-0.39, 0.29) is 10.8 Å². The van der Waals surface area contributed by atoms with E-state index in [1.54, 1.807) is 0 Å². The summed E-state index contributed by atoms with van der Waals surface area (Å²) in [6, 6.07) is 62.1. The fourth-order valence-corrected chi connectivity index (χ4v) is 9.75. The van der Waals surface area contributed by atoms with Crippen LogP contribution in [0.25, 0.3) is 33.0 Å². The molecule has 55 heavy (non-hydrogen) atoms. The summed E-state index contributed by atoms with van der Waals surface area (Å²) in [4.78, 5) is 4.85. The number of para-hydroxylation sites is 3. The van der Waals surface area contributed by atoms with Crippen molar-refractivity contribution in [3.63, 3.8) is 0 Å². The number of hydrogen-bond donors (Lipinski definition) is 0. The van der Waals surface area contributed by atoms with Crippen LogP contribution in [0, 0.1) is 0 Å². The Kier molecular flexibility index (Phi) is 6.65. The lowest BCUT2D eigenvalue weighted by Gasteiger charge is -2.45. The van der Waals surface area contributed by atoms with Crippen molar-refractivity contribution in [3.8, 4) is 33.8 Å². The summed E-state index contributed by atoms with van der Waals surface area (Å²) in [5, 5.41) is 2.44. The van der Waals surface area contributed by atoms with Crippen LogP contribution in [-0.4, -0.2) is 0 Å². The Balaban J connectivity index is 1.08. The lowest BCUT2D eigenvalue weighted by molar-refractivity contribution is 0.471. The molecule has 0 saturated carbocycles. The molecule has 3 nitrogen and oxygen atoms in total. The fourth-order valence-electron chi connectivity index (χ4n) is 9.75. The molecule has 0 aromatic heterocycles. The van der Waals surface area contributed by atoms with Gasteiger partial charge in [0.2, 0.25) is 0 Å². The molecule has 1 aliphatic carbocycles. The Hall–Kier alpha value is -6.58. The summed E-state index contributed by atoms with van der Waals surface area (Å²) in [7, 11) is 0. The van der Waals surface area contributed by atoms with Gasteiger partial charge in [-0.05, 0) is 104 Å². The monoisotopic (exact) mass is 708 g/mol. The second kappa shape index (κ2) is 11.5. The number of ether oxygens (including phenoxy) is 1. The molecule has 0 amide bonds. The highest BCUT2D eigenvalue weighted by Gasteiger charge is 2.43. The van der Waals surface area contributed by atoms with E-state index in [9.17, 15) is 0 Å². The number of fused-ring (bicyclic) bond motifs is 8. The number of hydrogen-bond acceptors (Lipinski definition) is 3. The van der Waals surface area contributed by atoms with Crippen molar-refractivity contribution in [1.82, 2.24) is 0 Å². The zero-order valence-corrected chi connectivity index (χ0v) is 31.5. The average Bonchev–Trinajstić information content (AvgIpc) is 3.45. The fraction of sp³-hybridized carbons (Fsp3) is 0.115. The average molecular weight is 709 g/mol. The van der Waals surface area contributed by atoms with Gasteiger partial charge in [0, 0.05) is 27.6 Å². The van der Waals surface area contributed by atoms with E-state index in [1.165, 1.54) is 61.0 Å². The van der Waals surface area contributed by atoms with Crippen molar-refractivity contribution >= 4 is 44.9 Å². The van der Waals surface area contributed by atoms with Crippen LogP contribution in [0.1, 0.15) is 49.9 Å². The van der Waals surface area contributed by atoms with E-state index in [4.69, 9.17) is 4.74 Å². The summed E-state index contributed by atoms with van der Waals surface area (Å²) >= 11 is 0. The first-order valence-electron chi connectivity index (χ1n) is 19.3. The maximum Gasteiger partial charge on any atom is 0.151 e. The Labute approximate surface area is 322 Å². The van der Waals surface area contributed by atoms with Crippen LogP contribution in [0.2, 0.25) is 0 Å². The van der Waals surface area contributed by atoms with E-state index < -0.39 is 0 Å². The van der Waals surface area contributed by atoms with Gasteiger partial charge in [0.05, 0.1) is 22.7 Å². The second-order valence-corrected chi connectivity index (χ2v) is 16.2. The summed E-state index contributed by atoms with van der Waals surface area (Å²) in [5.74, 6) is 1.76. The van der Waals surface area contributed by atoms with Crippen molar-refractivity contribution in [2.45, 2.75) is 38.5 Å². The standard InChI is InChI=1S/C52H40N2O/c1-51(2)41-18-8-7-17-39(41)40-29-28-36(32-43(40)51)53(44-22-13-15-33-14-5-6-16-37(33)44)35-26-24-34(25-27-35)38-30-31-48-50-49(38)52(3,4)42-19-9-10-20-45(42)54(50)46-21-11-12-23-47(46)55-48/h5-32H,1-4H3. The van der Waals surface area contributed by atoms with Gasteiger partial charge in [-0.25, -0.2) is 0 Å². The third-order valence-corrected chi connectivity index (χ3v) is 12.4. The molecule has 11 rings (SSSR count). The van der Waals surface area contributed by atoms with Gasteiger partial charge in [-0.3, -0.25) is 0 Å². The molecule has 0 N–H and O–H groups in total. The van der Waals surface area contributed by atoms with Gasteiger partial charge in [-0.2, -0.15) is 0 Å². The summed E-state index contributed by atoms with van der Waals surface area (Å²) in [6.45, 7) is 9.42. The molecule has 0 unspecified atom stereocenters. The van der Waals surface area contributed by atoms with Crippen molar-refractivity contribution in [2.24, 2.45) is 0 Å². The van der Waals surface area contributed by atoms with Crippen LogP contribution in [0.15, 0.2) is 170 Å². The summed E-state index contributed by atoms with van der Waals surface area (Å²) in [6.07, 6.45) is 0. The van der Waals surface area contributed by atoms with Gasteiger partial charge in [0.25, 0.3) is 0 Å². The highest BCUT2D eigenvalue weighted by Crippen LogP contribution is 2.61. The first kappa shape index (κ1) is 31.9. The summed E-state index contributed by atoms with van der Waals surface area (Å²) < 4.78 is 6.63. The molecule has 8 aromatic rings. The summed E-state index contributed by atoms with van der Waals surface area (Å²) in [5.41, 5.74) is 16.8. The van der Waals surface area contributed by atoms with E-state index in [1.807, 2.05) is 6.07 Å². The highest BCUT2D eigenvalue weighted by atomic mass is 16.5. The Morgan fingerprint density at radius 3 is 1.98 bits per heavy atom. The van der Waals surface area contributed by atoms with Crippen LogP contribution < -0.4 is 14.5 Å². The van der Waals surface area contributed by atoms with E-state index in [0.717, 1.165) is 39.9 Å². The molecule has 2 aliphatic heterocycles. The molecule has 0 saturated heterocycles. The second-order valence-electron chi connectivity index (χ2n) is 16.2. The molecule has 0 fully saturated rings. The maximum absolute atomic E-state index is 6.63. The number of nitrogens with zero attached hydrogens (tertiary/aromatic N) is 2. The molecule has 8 aromatic carbocycles. The number of anilines is 6. The van der Waals surface area contributed by atoms with Crippen molar-refractivity contribution in [3.05, 3.63) is 192 Å². The van der Waals surface area contributed by atoms with Gasteiger partial charge in [0.1, 0.15) is 0 Å². The first-order valence-corrected chi connectivity index (χ1v) is 19.3. The lowest BCUT2D eigenvalue weighted by Crippen LogP contribution is -2.33. The topological polar surface area (TPSA) is 15.7 Å². The zero-order chi connectivity index (χ0) is 37.1. The van der Waals surface area contributed by atoms with Gasteiger partial charge in [-0.1, -0.05) is 143 Å². The first-order chi connectivity index (χ1) is 26.8. The predicted molar refractivity (Wildman–Crippen MR) is 229 cm³/mol. The number of benzene rings is 8. The van der Waals surface area contributed by atoms with Gasteiger partial charge < -0.3 is 14.5 Å². The minimum absolute atomic E-state index is 0.104. The van der Waals surface area contributed by atoms with Gasteiger partial charge in [-0.15, -0.1) is 0 Å². The minimum atomic E-state index is -0.272. The van der Waals surface area contributed by atoms with Crippen LogP contribution in [0.3, 0.4) is 0 Å². The third-order valence-electron chi connectivity index (χ3n) is 12.4. The molecule has 0 atom stereocenters. The molecular formula is C52H40N2O. The SMILES string of the molecule is CC1(C)c2ccccc2-c2ccc(N(c3ccc(-c4ccc5c6c4C(C)(C)c4ccccc4N6c4ccccc4O5)cc3)c3cccc4ccccc34)cc21. The molecule has 3 aliphatic rings. The van der Waals surface area contributed by atoms with Crippen molar-refractivity contribution < 1.29 is 4.74 Å². The van der Waals surface area contributed by atoms with Crippen molar-refractivity contribution in [1.29, 1.82) is 0 Å². The lowest BCUT2D eigenvalue weighted by atomic mass is 9.70. The van der Waals surface area contributed by atoms with Gasteiger partial charge >= 0.3 is 0 Å². The zero-order valence-electron chi connectivity index (χ0n) is 31.5. The van der Waals surface area contributed by atoms with E-state index in [0.29, 0.717) is 0 Å². The molecule has 0 radical (unpaired) electrons. The quantitative estimate of drug-likeness (QED) is 0.181. The van der Waals surface area contributed by atoms with E-state index in [2.05, 4.69) is 201 Å². The predicted octanol–water partition coefficient (Wildman–Crippen LogP) is 14.5. The van der Waals surface area contributed by atoms with Gasteiger partial charge in [0.15, 0.2) is 11.5 Å². The highest BCUT2D eigenvalue weighted by molar-refractivity contribution is 6.00.